The van der Waals surface area contributed by atoms with Gasteiger partial charge in [0.05, 0.1) is 0 Å². The van der Waals surface area contributed by atoms with Crippen LogP contribution in [0.25, 0.3) is 11.5 Å². The van der Waals surface area contributed by atoms with Crippen LogP contribution in [-0.4, -0.2) is 31.4 Å². The molecule has 7 heteroatoms. The highest BCUT2D eigenvalue weighted by molar-refractivity contribution is 5.79. The summed E-state index contributed by atoms with van der Waals surface area (Å²) in [5.41, 5.74) is 5.53. The molecule has 2 N–H and O–H groups in total. The van der Waals surface area contributed by atoms with Crippen molar-refractivity contribution in [1.82, 2.24) is 19.7 Å². The first-order valence-electron chi connectivity index (χ1n) is 5.74. The van der Waals surface area contributed by atoms with Crippen LogP contribution in [0.3, 0.4) is 0 Å². The summed E-state index contributed by atoms with van der Waals surface area (Å²) in [6, 6.07) is 5.26. The number of pyridine rings is 1. The Morgan fingerprint density at radius 3 is 2.63 bits per heavy atom. The maximum Gasteiger partial charge on any atom is 0.423 e. The molecule has 0 aliphatic heterocycles. The molecule has 0 fully saturated rings. The number of rotatable bonds is 1. The zero-order valence-corrected chi connectivity index (χ0v) is 11.0. The fraction of sp³-hybridized carbons (Fsp3) is 0.333. The largest absolute Gasteiger partial charge is 0.443 e. The third-order valence-corrected chi connectivity index (χ3v) is 2.16. The molecular weight excluding hydrogens is 246 g/mol. The van der Waals surface area contributed by atoms with E-state index >= 15 is 0 Å². The van der Waals surface area contributed by atoms with Gasteiger partial charge in [-0.2, -0.15) is 4.57 Å². The van der Waals surface area contributed by atoms with Gasteiger partial charge in [0.15, 0.2) is 5.82 Å². The smallest absolute Gasteiger partial charge is 0.423 e. The van der Waals surface area contributed by atoms with Crippen LogP contribution >= 0.6 is 0 Å². The molecule has 0 aliphatic carbocycles. The maximum atomic E-state index is 12.1. The van der Waals surface area contributed by atoms with Gasteiger partial charge in [-0.25, -0.2) is 4.79 Å². The first kappa shape index (κ1) is 13.0. The summed E-state index contributed by atoms with van der Waals surface area (Å²) in [6.45, 7) is 5.31. The van der Waals surface area contributed by atoms with Gasteiger partial charge >= 0.3 is 6.09 Å². The third kappa shape index (κ3) is 2.87. The summed E-state index contributed by atoms with van der Waals surface area (Å²) < 4.78 is 6.37. The van der Waals surface area contributed by atoms with E-state index in [-0.39, 0.29) is 11.8 Å². The van der Waals surface area contributed by atoms with Crippen LogP contribution in [0.4, 0.5) is 10.7 Å². The Morgan fingerprint density at radius 2 is 2.05 bits per heavy atom. The molecule has 7 nitrogen and oxygen atoms in total. The molecule has 2 aromatic rings. The van der Waals surface area contributed by atoms with E-state index in [0.29, 0.717) is 5.69 Å². The molecule has 2 heterocycles. The highest BCUT2D eigenvalue weighted by atomic mass is 16.6. The van der Waals surface area contributed by atoms with Crippen LogP contribution in [0.5, 0.6) is 0 Å². The Hall–Kier alpha value is -2.44. The number of nitrogen functional groups attached to an aromatic ring is 1. The summed E-state index contributed by atoms with van der Waals surface area (Å²) >= 11 is 0. The van der Waals surface area contributed by atoms with E-state index in [4.69, 9.17) is 10.5 Å². The lowest BCUT2D eigenvalue weighted by Crippen LogP contribution is -2.28. The van der Waals surface area contributed by atoms with E-state index in [0.717, 1.165) is 4.57 Å². The summed E-state index contributed by atoms with van der Waals surface area (Å²) in [5, 5.41) is 7.56. The molecule has 2 aromatic heterocycles. The van der Waals surface area contributed by atoms with Crippen molar-refractivity contribution in [1.29, 1.82) is 0 Å². The Bertz CT molecular complexity index is 586. The van der Waals surface area contributed by atoms with Gasteiger partial charge in [0, 0.05) is 6.20 Å². The summed E-state index contributed by atoms with van der Waals surface area (Å²) in [4.78, 5) is 16.2. The van der Waals surface area contributed by atoms with Gasteiger partial charge in [-0.05, 0) is 32.9 Å². The van der Waals surface area contributed by atoms with Gasteiger partial charge < -0.3 is 10.5 Å². The molecule has 2 rings (SSSR count). The molecule has 0 saturated heterocycles. The second-order valence-corrected chi connectivity index (χ2v) is 4.91. The highest BCUT2D eigenvalue weighted by Gasteiger charge is 2.24. The first-order valence-corrected chi connectivity index (χ1v) is 5.74. The summed E-state index contributed by atoms with van der Waals surface area (Å²) in [7, 11) is 0. The lowest BCUT2D eigenvalue weighted by Gasteiger charge is -2.20. The SMILES string of the molecule is CC(C)(C)OC(=O)n1c(N)nnc1-c1ccccn1. The molecule has 0 aromatic carbocycles. The molecule has 100 valence electrons. The summed E-state index contributed by atoms with van der Waals surface area (Å²) in [6.07, 6.45) is 0.968. The Morgan fingerprint density at radius 1 is 1.32 bits per heavy atom. The average molecular weight is 261 g/mol. The maximum absolute atomic E-state index is 12.1. The zero-order chi connectivity index (χ0) is 14.0. The number of anilines is 1. The van der Waals surface area contributed by atoms with Gasteiger partial charge in [-0.1, -0.05) is 6.07 Å². The zero-order valence-electron chi connectivity index (χ0n) is 11.0. The van der Waals surface area contributed by atoms with Gasteiger partial charge in [0.25, 0.3) is 0 Å². The molecule has 0 atom stereocenters. The number of hydrogen-bond acceptors (Lipinski definition) is 6. The fourth-order valence-corrected chi connectivity index (χ4v) is 1.44. The Kier molecular flexibility index (Phi) is 3.20. The fourth-order valence-electron chi connectivity index (χ4n) is 1.44. The Labute approximate surface area is 110 Å². The number of ether oxygens (including phenoxy) is 1. The van der Waals surface area contributed by atoms with Crippen LogP contribution in [0.1, 0.15) is 20.8 Å². The molecule has 0 amide bonds. The summed E-state index contributed by atoms with van der Waals surface area (Å²) in [5.74, 6) is 0.224. The molecule has 19 heavy (non-hydrogen) atoms. The molecule has 0 bridgehead atoms. The number of nitrogens with two attached hydrogens (primary N) is 1. The van der Waals surface area contributed by atoms with Crippen molar-refractivity contribution in [2.75, 3.05) is 5.73 Å². The van der Waals surface area contributed by atoms with E-state index < -0.39 is 11.7 Å². The lowest BCUT2D eigenvalue weighted by molar-refractivity contribution is 0.0543. The van der Waals surface area contributed by atoms with E-state index in [1.807, 2.05) is 0 Å². The van der Waals surface area contributed by atoms with E-state index in [9.17, 15) is 4.79 Å². The standard InChI is InChI=1S/C12H15N5O2/c1-12(2,3)19-11(18)17-9(15-16-10(17)13)8-6-4-5-7-14-8/h4-7H,1-3H3,(H2,13,16). The predicted octanol–water partition coefficient (Wildman–Crippen LogP) is 1.71. The van der Waals surface area contributed by atoms with Crippen molar-refractivity contribution in [3.8, 4) is 11.5 Å². The molecule has 0 aliphatic rings. The predicted molar refractivity (Wildman–Crippen MR) is 69.3 cm³/mol. The monoisotopic (exact) mass is 261 g/mol. The minimum absolute atomic E-state index is 0.0325. The minimum Gasteiger partial charge on any atom is -0.443 e. The van der Waals surface area contributed by atoms with Crippen LogP contribution in [0, 0.1) is 0 Å². The molecule has 0 spiro atoms. The van der Waals surface area contributed by atoms with E-state index in [2.05, 4.69) is 15.2 Å². The second kappa shape index (κ2) is 4.68. The van der Waals surface area contributed by atoms with Crippen LogP contribution in [0.15, 0.2) is 24.4 Å². The number of hydrogen-bond donors (Lipinski definition) is 1. The Balaban J connectivity index is 2.42. The topological polar surface area (TPSA) is 95.9 Å². The van der Waals surface area contributed by atoms with Gasteiger partial charge in [0.1, 0.15) is 11.3 Å². The number of carbonyl (C=O) groups is 1. The molecular formula is C12H15N5O2. The van der Waals surface area contributed by atoms with Crippen molar-refractivity contribution in [2.45, 2.75) is 26.4 Å². The second-order valence-electron chi connectivity index (χ2n) is 4.91. The van der Waals surface area contributed by atoms with Crippen molar-refractivity contribution in [3.05, 3.63) is 24.4 Å². The lowest BCUT2D eigenvalue weighted by atomic mass is 10.2. The van der Waals surface area contributed by atoms with Crippen LogP contribution < -0.4 is 5.73 Å². The number of aromatic nitrogens is 4. The molecule has 0 unspecified atom stereocenters. The number of nitrogens with zero attached hydrogens (tertiary/aromatic N) is 4. The van der Waals surface area contributed by atoms with E-state index in [1.54, 1.807) is 45.2 Å². The van der Waals surface area contributed by atoms with E-state index in [1.165, 1.54) is 0 Å². The first-order chi connectivity index (χ1) is 8.88. The van der Waals surface area contributed by atoms with Crippen molar-refractivity contribution in [3.63, 3.8) is 0 Å². The van der Waals surface area contributed by atoms with Crippen molar-refractivity contribution >= 4 is 12.0 Å². The van der Waals surface area contributed by atoms with Gasteiger partial charge in [0.2, 0.25) is 5.95 Å². The minimum atomic E-state index is -0.630. The third-order valence-electron chi connectivity index (χ3n) is 2.16. The van der Waals surface area contributed by atoms with Crippen LogP contribution in [0.2, 0.25) is 0 Å². The molecule has 0 saturated carbocycles. The normalized spacial score (nSPS) is 11.3. The van der Waals surface area contributed by atoms with Gasteiger partial charge in [-0.3, -0.25) is 4.98 Å². The average Bonchev–Trinajstić information content (AvgIpc) is 2.70. The quantitative estimate of drug-likeness (QED) is 0.839. The van der Waals surface area contributed by atoms with Gasteiger partial charge in [-0.15, -0.1) is 10.2 Å². The van der Waals surface area contributed by atoms with Crippen molar-refractivity contribution in [2.24, 2.45) is 0 Å². The highest BCUT2D eigenvalue weighted by Crippen LogP contribution is 2.19. The molecule has 0 radical (unpaired) electrons. The van der Waals surface area contributed by atoms with Crippen LogP contribution in [-0.2, 0) is 4.74 Å². The number of carbonyl (C=O) groups excluding carboxylic acids is 1. The van der Waals surface area contributed by atoms with Crippen molar-refractivity contribution < 1.29 is 9.53 Å².